The first-order valence-corrected chi connectivity index (χ1v) is 5.67. The number of aromatic nitrogens is 2. The lowest BCUT2D eigenvalue weighted by molar-refractivity contribution is 0.547. The van der Waals surface area contributed by atoms with Crippen molar-refractivity contribution in [3.63, 3.8) is 0 Å². The minimum Gasteiger partial charge on any atom is -0.339 e. The van der Waals surface area contributed by atoms with Crippen molar-refractivity contribution < 1.29 is 0 Å². The molecule has 0 amide bonds. The van der Waals surface area contributed by atoms with Gasteiger partial charge in [-0.15, -0.1) is 0 Å². The van der Waals surface area contributed by atoms with E-state index in [0.29, 0.717) is 0 Å². The van der Waals surface area contributed by atoms with E-state index in [1.807, 2.05) is 6.20 Å². The third-order valence-electron chi connectivity index (χ3n) is 3.68. The zero-order valence-electron chi connectivity index (χ0n) is 8.66. The van der Waals surface area contributed by atoms with Crippen molar-refractivity contribution in [3.05, 3.63) is 11.9 Å². The second kappa shape index (κ2) is 3.01. The molecular weight excluding hydrogens is 174 g/mol. The molecule has 0 aromatic carbocycles. The van der Waals surface area contributed by atoms with E-state index < -0.39 is 0 Å². The Kier molecular flexibility index (Phi) is 1.79. The average molecular weight is 191 g/mol. The molecule has 1 saturated carbocycles. The zero-order chi connectivity index (χ0) is 9.54. The van der Waals surface area contributed by atoms with Crippen LogP contribution in [0.15, 0.2) is 6.20 Å². The molecule has 2 bridgehead atoms. The van der Waals surface area contributed by atoms with E-state index in [1.54, 1.807) is 0 Å². The molecule has 76 valence electrons. The van der Waals surface area contributed by atoms with Gasteiger partial charge in [-0.1, -0.05) is 6.92 Å². The number of anilines is 1. The maximum atomic E-state index is 4.46. The molecular formula is C11H17N3. The predicted octanol–water partition coefficient (Wildman–Crippen LogP) is 1.96. The average Bonchev–Trinajstić information content (AvgIpc) is 2.93. The first-order valence-electron chi connectivity index (χ1n) is 5.67. The van der Waals surface area contributed by atoms with Crippen molar-refractivity contribution in [3.8, 4) is 0 Å². The third-order valence-corrected chi connectivity index (χ3v) is 3.68. The molecule has 1 N–H and O–H groups in total. The minimum atomic E-state index is 0.774. The van der Waals surface area contributed by atoms with Gasteiger partial charge in [-0.25, -0.2) is 4.98 Å². The summed E-state index contributed by atoms with van der Waals surface area (Å²) >= 11 is 0. The molecule has 1 aromatic heterocycles. The van der Waals surface area contributed by atoms with Crippen molar-refractivity contribution >= 4 is 5.95 Å². The van der Waals surface area contributed by atoms with Crippen LogP contribution in [-0.4, -0.2) is 22.6 Å². The Labute approximate surface area is 84.5 Å². The largest absolute Gasteiger partial charge is 0.339 e. The number of aromatic amines is 1. The van der Waals surface area contributed by atoms with Crippen molar-refractivity contribution in [2.24, 2.45) is 5.92 Å². The number of fused-ring (bicyclic) bond motifs is 2. The first kappa shape index (κ1) is 8.33. The van der Waals surface area contributed by atoms with Gasteiger partial charge in [-0.2, -0.15) is 0 Å². The van der Waals surface area contributed by atoms with E-state index in [0.717, 1.165) is 24.3 Å². The number of piperidine rings is 1. The highest BCUT2D eigenvalue weighted by molar-refractivity contribution is 5.36. The summed E-state index contributed by atoms with van der Waals surface area (Å²) in [6.07, 6.45) is 7.22. The summed E-state index contributed by atoms with van der Waals surface area (Å²) < 4.78 is 0. The molecule has 3 nitrogen and oxygen atoms in total. The lowest BCUT2D eigenvalue weighted by Gasteiger charge is -2.26. The van der Waals surface area contributed by atoms with E-state index >= 15 is 0 Å². The molecule has 2 heterocycles. The van der Waals surface area contributed by atoms with Gasteiger partial charge in [0.25, 0.3) is 0 Å². The summed E-state index contributed by atoms with van der Waals surface area (Å²) in [7, 11) is 0. The van der Waals surface area contributed by atoms with Crippen LogP contribution in [0.5, 0.6) is 0 Å². The Morgan fingerprint density at radius 2 is 2.50 bits per heavy atom. The highest BCUT2D eigenvalue weighted by atomic mass is 15.3. The fraction of sp³-hybridized carbons (Fsp3) is 0.727. The normalized spacial score (nSPS) is 30.2. The molecule has 3 rings (SSSR count). The van der Waals surface area contributed by atoms with E-state index in [-0.39, 0.29) is 0 Å². The summed E-state index contributed by atoms with van der Waals surface area (Å²) in [5.74, 6) is 2.05. The summed E-state index contributed by atoms with van der Waals surface area (Å²) in [4.78, 5) is 10.3. The molecule has 0 spiro atoms. The Bertz CT molecular complexity index is 331. The van der Waals surface area contributed by atoms with E-state index in [2.05, 4.69) is 21.8 Å². The van der Waals surface area contributed by atoms with Gasteiger partial charge in [0.1, 0.15) is 0 Å². The lowest BCUT2D eigenvalue weighted by Crippen LogP contribution is -2.32. The van der Waals surface area contributed by atoms with Crippen molar-refractivity contribution in [2.45, 2.75) is 38.6 Å². The Balaban J connectivity index is 1.82. The third kappa shape index (κ3) is 1.15. The van der Waals surface area contributed by atoms with Crippen LogP contribution in [0.3, 0.4) is 0 Å². The molecule has 1 saturated heterocycles. The van der Waals surface area contributed by atoms with Crippen molar-refractivity contribution in [2.75, 3.05) is 11.4 Å². The van der Waals surface area contributed by atoms with Gasteiger partial charge < -0.3 is 9.88 Å². The van der Waals surface area contributed by atoms with Crippen molar-refractivity contribution in [1.29, 1.82) is 0 Å². The number of nitrogens with zero attached hydrogens (tertiary/aromatic N) is 2. The maximum Gasteiger partial charge on any atom is 0.203 e. The quantitative estimate of drug-likeness (QED) is 0.775. The fourth-order valence-electron chi connectivity index (χ4n) is 2.86. The smallest absolute Gasteiger partial charge is 0.203 e. The van der Waals surface area contributed by atoms with Gasteiger partial charge in [0.2, 0.25) is 5.95 Å². The molecule has 1 aromatic rings. The van der Waals surface area contributed by atoms with Crippen LogP contribution < -0.4 is 4.90 Å². The standard InChI is InChI=1S/C11H17N3/c1-2-9-6-12-11(13-9)14-7-8-3-4-10(14)5-8/h6,8,10H,2-5,7H2,1H3,(H,12,13). The van der Waals surface area contributed by atoms with Gasteiger partial charge in [-0.05, 0) is 31.6 Å². The molecule has 2 aliphatic rings. The van der Waals surface area contributed by atoms with Crippen LogP contribution in [-0.2, 0) is 6.42 Å². The molecule has 2 atom stereocenters. The number of imidazole rings is 1. The second-order valence-electron chi connectivity index (χ2n) is 4.57. The SMILES string of the molecule is CCc1cnc(N2CC3CCC2C3)[nH]1. The molecule has 1 aliphatic carbocycles. The van der Waals surface area contributed by atoms with Crippen LogP contribution in [0.4, 0.5) is 5.95 Å². The highest BCUT2D eigenvalue weighted by Gasteiger charge is 2.38. The van der Waals surface area contributed by atoms with E-state index in [9.17, 15) is 0 Å². The summed E-state index contributed by atoms with van der Waals surface area (Å²) in [6, 6.07) is 0.774. The summed E-state index contributed by atoms with van der Waals surface area (Å²) in [5.41, 5.74) is 1.25. The van der Waals surface area contributed by atoms with E-state index in [4.69, 9.17) is 0 Å². The first-order chi connectivity index (χ1) is 6.86. The van der Waals surface area contributed by atoms with Gasteiger partial charge in [0.15, 0.2) is 0 Å². The second-order valence-corrected chi connectivity index (χ2v) is 4.57. The van der Waals surface area contributed by atoms with Crippen molar-refractivity contribution in [1.82, 2.24) is 9.97 Å². The van der Waals surface area contributed by atoms with Crippen LogP contribution in [0, 0.1) is 5.92 Å². The Morgan fingerprint density at radius 3 is 3.07 bits per heavy atom. The molecule has 0 radical (unpaired) electrons. The molecule has 3 heteroatoms. The van der Waals surface area contributed by atoms with E-state index in [1.165, 1.54) is 31.5 Å². The molecule has 2 unspecified atom stereocenters. The molecule has 1 aliphatic heterocycles. The number of hydrogen-bond donors (Lipinski definition) is 1. The number of aryl methyl sites for hydroxylation is 1. The van der Waals surface area contributed by atoms with Gasteiger partial charge >= 0.3 is 0 Å². The lowest BCUT2D eigenvalue weighted by atomic mass is 10.1. The zero-order valence-corrected chi connectivity index (χ0v) is 8.66. The summed E-state index contributed by atoms with van der Waals surface area (Å²) in [6.45, 7) is 3.38. The topological polar surface area (TPSA) is 31.9 Å². The van der Waals surface area contributed by atoms with Gasteiger partial charge in [-0.3, -0.25) is 0 Å². The van der Waals surface area contributed by atoms with Crippen LogP contribution >= 0.6 is 0 Å². The minimum absolute atomic E-state index is 0.774. The fourth-order valence-corrected chi connectivity index (χ4v) is 2.86. The highest BCUT2D eigenvalue weighted by Crippen LogP contribution is 2.38. The Morgan fingerprint density at radius 1 is 1.57 bits per heavy atom. The monoisotopic (exact) mass is 191 g/mol. The molecule has 2 fully saturated rings. The number of nitrogens with one attached hydrogen (secondary N) is 1. The number of rotatable bonds is 2. The van der Waals surface area contributed by atoms with Crippen LogP contribution in [0.1, 0.15) is 31.9 Å². The predicted molar refractivity (Wildman–Crippen MR) is 56.4 cm³/mol. The maximum absolute atomic E-state index is 4.46. The van der Waals surface area contributed by atoms with Gasteiger partial charge in [0, 0.05) is 18.3 Å². The summed E-state index contributed by atoms with van der Waals surface area (Å²) in [5, 5.41) is 0. The Hall–Kier alpha value is -0.990. The van der Waals surface area contributed by atoms with Crippen LogP contribution in [0.25, 0.3) is 0 Å². The number of hydrogen-bond acceptors (Lipinski definition) is 2. The number of H-pyrrole nitrogens is 1. The molecule has 14 heavy (non-hydrogen) atoms. The van der Waals surface area contributed by atoms with Crippen LogP contribution in [0.2, 0.25) is 0 Å². The van der Waals surface area contributed by atoms with Gasteiger partial charge in [0.05, 0.1) is 6.20 Å².